The van der Waals surface area contributed by atoms with Crippen LogP contribution >= 0.6 is 22.9 Å². The summed E-state index contributed by atoms with van der Waals surface area (Å²) < 4.78 is 0. The minimum atomic E-state index is 0.160. The Morgan fingerprint density at radius 2 is 2.10 bits per heavy atom. The van der Waals surface area contributed by atoms with Gasteiger partial charge < -0.3 is 10.2 Å². The summed E-state index contributed by atoms with van der Waals surface area (Å²) in [5.74, 6) is 0.160. The van der Waals surface area contributed by atoms with E-state index >= 15 is 0 Å². The van der Waals surface area contributed by atoms with Crippen LogP contribution < -0.4 is 5.32 Å². The van der Waals surface area contributed by atoms with Crippen molar-refractivity contribution in [2.75, 3.05) is 11.9 Å². The van der Waals surface area contributed by atoms with Gasteiger partial charge in [0.05, 0.1) is 5.56 Å². The molecule has 1 fully saturated rings. The molecule has 1 aromatic carbocycles. The van der Waals surface area contributed by atoms with Gasteiger partial charge in [0.2, 0.25) is 0 Å². The molecule has 1 unspecified atom stereocenters. The maximum absolute atomic E-state index is 12.7. The number of amides is 1. The van der Waals surface area contributed by atoms with E-state index in [1.807, 2.05) is 29.2 Å². The molecule has 1 saturated heterocycles. The molecule has 3 heterocycles. The predicted octanol–water partition coefficient (Wildman–Crippen LogP) is 4.06. The predicted molar refractivity (Wildman–Crippen MR) is 82.4 cm³/mol. The number of anilines is 1. The second-order valence-corrected chi connectivity index (χ2v) is 6.48. The van der Waals surface area contributed by atoms with E-state index in [0.717, 1.165) is 41.1 Å². The van der Waals surface area contributed by atoms with Crippen molar-refractivity contribution in [3.05, 3.63) is 40.2 Å². The van der Waals surface area contributed by atoms with Gasteiger partial charge in [0.15, 0.2) is 0 Å². The number of nitrogens with one attached hydrogen (secondary N) is 1. The fraction of sp³-hybridized carbons (Fsp3) is 0.267. The second kappa shape index (κ2) is 4.50. The van der Waals surface area contributed by atoms with E-state index in [4.69, 9.17) is 11.6 Å². The summed E-state index contributed by atoms with van der Waals surface area (Å²) in [4.78, 5) is 14.6. The van der Waals surface area contributed by atoms with Crippen molar-refractivity contribution in [2.45, 2.75) is 19.0 Å². The van der Waals surface area contributed by atoms with Crippen molar-refractivity contribution in [1.82, 2.24) is 4.90 Å². The van der Waals surface area contributed by atoms with Gasteiger partial charge in [-0.15, -0.1) is 11.3 Å². The van der Waals surface area contributed by atoms with Gasteiger partial charge >= 0.3 is 0 Å². The molecule has 0 bridgehead atoms. The van der Waals surface area contributed by atoms with Crippen LogP contribution in [0.4, 0.5) is 5.00 Å². The number of hydrogen-bond acceptors (Lipinski definition) is 3. The number of benzene rings is 1. The van der Waals surface area contributed by atoms with Gasteiger partial charge in [-0.05, 0) is 30.5 Å². The van der Waals surface area contributed by atoms with E-state index in [-0.39, 0.29) is 12.1 Å². The first-order chi connectivity index (χ1) is 9.74. The van der Waals surface area contributed by atoms with Crippen LogP contribution in [0.3, 0.4) is 0 Å². The summed E-state index contributed by atoms with van der Waals surface area (Å²) in [6.45, 7) is 0.853. The summed E-state index contributed by atoms with van der Waals surface area (Å²) in [6.07, 6.45) is 2.31. The summed E-state index contributed by atoms with van der Waals surface area (Å²) in [6, 6.07) is 7.66. The van der Waals surface area contributed by atoms with Crippen LogP contribution in [0.15, 0.2) is 29.6 Å². The minimum Gasteiger partial charge on any atom is -0.356 e. The Balaban J connectivity index is 1.81. The highest BCUT2D eigenvalue weighted by Gasteiger charge is 2.37. The molecular weight excluding hydrogens is 292 g/mol. The smallest absolute Gasteiger partial charge is 0.259 e. The Hall–Kier alpha value is -1.52. The Morgan fingerprint density at radius 1 is 1.30 bits per heavy atom. The molecule has 0 saturated carbocycles. The molecule has 0 spiro atoms. The largest absolute Gasteiger partial charge is 0.356 e. The van der Waals surface area contributed by atoms with Crippen LogP contribution in [0.2, 0.25) is 5.02 Å². The van der Waals surface area contributed by atoms with Crippen LogP contribution in [0.25, 0.3) is 11.1 Å². The molecule has 0 aliphatic carbocycles. The minimum absolute atomic E-state index is 0.160. The number of thiophene rings is 1. The van der Waals surface area contributed by atoms with Gasteiger partial charge in [-0.1, -0.05) is 23.7 Å². The Morgan fingerprint density at radius 3 is 2.90 bits per heavy atom. The van der Waals surface area contributed by atoms with Crippen LogP contribution in [0.5, 0.6) is 0 Å². The number of rotatable bonds is 1. The fourth-order valence-corrected chi connectivity index (χ4v) is 4.11. The van der Waals surface area contributed by atoms with Crippen molar-refractivity contribution >= 4 is 33.8 Å². The SMILES string of the molecule is O=C1c2c(-c3ccc(Cl)cc3)csc2NC2CCCN12. The third-order valence-corrected chi connectivity index (χ3v) is 5.13. The Labute approximate surface area is 126 Å². The topological polar surface area (TPSA) is 32.3 Å². The molecule has 20 heavy (non-hydrogen) atoms. The van der Waals surface area contributed by atoms with Gasteiger partial charge in [-0.3, -0.25) is 4.79 Å². The van der Waals surface area contributed by atoms with Gasteiger partial charge in [0.25, 0.3) is 5.91 Å². The standard InChI is InChI=1S/C15H13ClN2OS/c16-10-5-3-9(4-6-10)11-8-20-14-13(11)15(19)18-7-1-2-12(18)17-14/h3-6,8,12,17H,1-2,7H2. The first-order valence-corrected chi connectivity index (χ1v) is 7.95. The highest BCUT2D eigenvalue weighted by molar-refractivity contribution is 7.15. The molecule has 1 N–H and O–H groups in total. The van der Waals surface area contributed by atoms with Crippen LogP contribution in [0, 0.1) is 0 Å². The van der Waals surface area contributed by atoms with E-state index in [0.29, 0.717) is 5.02 Å². The molecule has 1 atom stereocenters. The normalized spacial score (nSPS) is 20.6. The van der Waals surface area contributed by atoms with E-state index in [1.165, 1.54) is 0 Å². The average molecular weight is 305 g/mol. The molecule has 3 nitrogen and oxygen atoms in total. The average Bonchev–Trinajstić information content (AvgIpc) is 3.07. The highest BCUT2D eigenvalue weighted by atomic mass is 35.5. The number of hydrogen-bond donors (Lipinski definition) is 1. The monoisotopic (exact) mass is 304 g/mol. The lowest BCUT2D eigenvalue weighted by atomic mass is 10.0. The van der Waals surface area contributed by atoms with Crippen molar-refractivity contribution < 1.29 is 4.79 Å². The lowest BCUT2D eigenvalue weighted by Gasteiger charge is -2.31. The van der Waals surface area contributed by atoms with Gasteiger partial charge in [-0.25, -0.2) is 0 Å². The zero-order valence-electron chi connectivity index (χ0n) is 10.7. The summed E-state index contributed by atoms with van der Waals surface area (Å²) in [7, 11) is 0. The lowest BCUT2D eigenvalue weighted by molar-refractivity contribution is 0.0742. The molecule has 1 amide bonds. The zero-order chi connectivity index (χ0) is 13.7. The second-order valence-electron chi connectivity index (χ2n) is 5.16. The first-order valence-electron chi connectivity index (χ1n) is 6.69. The summed E-state index contributed by atoms with van der Waals surface area (Å²) >= 11 is 7.55. The van der Waals surface area contributed by atoms with Crippen molar-refractivity contribution in [3.8, 4) is 11.1 Å². The molecule has 1 aromatic heterocycles. The van der Waals surface area contributed by atoms with E-state index in [9.17, 15) is 4.79 Å². The van der Waals surface area contributed by atoms with Crippen LogP contribution in [-0.2, 0) is 0 Å². The molecule has 4 rings (SSSR count). The van der Waals surface area contributed by atoms with E-state index in [1.54, 1.807) is 11.3 Å². The number of fused-ring (bicyclic) bond motifs is 2. The molecular formula is C15H13ClN2OS. The van der Waals surface area contributed by atoms with Crippen molar-refractivity contribution in [1.29, 1.82) is 0 Å². The van der Waals surface area contributed by atoms with Crippen molar-refractivity contribution in [2.24, 2.45) is 0 Å². The maximum atomic E-state index is 12.7. The first kappa shape index (κ1) is 12.2. The van der Waals surface area contributed by atoms with Gasteiger partial charge in [0, 0.05) is 22.5 Å². The van der Waals surface area contributed by atoms with Crippen molar-refractivity contribution in [3.63, 3.8) is 0 Å². The Kier molecular flexibility index (Phi) is 2.75. The number of halogens is 1. The molecule has 0 radical (unpaired) electrons. The zero-order valence-corrected chi connectivity index (χ0v) is 12.3. The summed E-state index contributed by atoms with van der Waals surface area (Å²) in [5.41, 5.74) is 2.86. The van der Waals surface area contributed by atoms with E-state index in [2.05, 4.69) is 10.7 Å². The van der Waals surface area contributed by atoms with Gasteiger partial charge in [-0.2, -0.15) is 0 Å². The molecule has 2 aromatic rings. The molecule has 5 heteroatoms. The van der Waals surface area contributed by atoms with Crippen LogP contribution in [-0.4, -0.2) is 23.5 Å². The highest BCUT2D eigenvalue weighted by Crippen LogP contribution is 2.41. The molecule has 2 aliphatic rings. The van der Waals surface area contributed by atoms with Crippen LogP contribution in [0.1, 0.15) is 23.2 Å². The Bertz CT molecular complexity index is 680. The third kappa shape index (κ3) is 1.75. The number of carbonyl (C=O) groups excluding carboxylic acids is 1. The number of nitrogens with zero attached hydrogens (tertiary/aromatic N) is 1. The summed E-state index contributed by atoms with van der Waals surface area (Å²) in [5, 5.41) is 7.26. The van der Waals surface area contributed by atoms with E-state index < -0.39 is 0 Å². The molecule has 2 aliphatic heterocycles. The maximum Gasteiger partial charge on any atom is 0.259 e. The fourth-order valence-electron chi connectivity index (χ4n) is 2.97. The number of carbonyl (C=O) groups is 1. The lowest BCUT2D eigenvalue weighted by Crippen LogP contribution is -2.44. The quantitative estimate of drug-likeness (QED) is 0.862. The van der Waals surface area contributed by atoms with Gasteiger partial charge in [0.1, 0.15) is 11.2 Å². The third-order valence-electron chi connectivity index (χ3n) is 3.97. The molecule has 102 valence electrons.